The van der Waals surface area contributed by atoms with Crippen molar-refractivity contribution in [2.24, 2.45) is 16.2 Å². The van der Waals surface area contributed by atoms with Gasteiger partial charge in [0.25, 0.3) is 5.91 Å². The fourth-order valence-corrected chi connectivity index (χ4v) is 10.7. The third-order valence-corrected chi connectivity index (χ3v) is 14.5. The minimum absolute atomic E-state index is 0.0135. The Labute approximate surface area is 409 Å². The summed E-state index contributed by atoms with van der Waals surface area (Å²) in [4.78, 5) is 61.0. The number of hydrogen-bond donors (Lipinski definition) is 5. The predicted octanol–water partition coefficient (Wildman–Crippen LogP) is 8.22. The maximum Gasteiger partial charge on any atom is 0.251 e. The Morgan fingerprint density at radius 1 is 0.985 bits per heavy atom. The van der Waals surface area contributed by atoms with Crippen LogP contribution in [0.25, 0.3) is 10.4 Å². The van der Waals surface area contributed by atoms with E-state index in [1.54, 1.807) is 41.7 Å². The first-order valence-electron chi connectivity index (χ1n) is 23.3. The molecule has 1 aliphatic carbocycles. The summed E-state index contributed by atoms with van der Waals surface area (Å²) in [5, 5.41) is 32.7. The van der Waals surface area contributed by atoms with E-state index in [-0.39, 0.29) is 60.4 Å². The SMILES string of the molecule is Cc1ncsc1-c1ccc([C@H](C)NC(=O)[C@@H]2C[C@H](O)CN2C(=O)[C@@H](NC(=O)COCCCCCNc2ccc(C(=O)N[C@H]3C(C)(C)[C@H](Oc4ccc(C#N)c(Cl)c4)C3(C)C)cc2)C(C)(C)C)cc1. The van der Waals surface area contributed by atoms with Crippen molar-refractivity contribution in [2.75, 3.05) is 31.6 Å². The molecular weight excluding hydrogens is 902 g/mol. The quantitative estimate of drug-likeness (QED) is 0.0572. The number of rotatable bonds is 19. The van der Waals surface area contributed by atoms with Crippen LogP contribution in [0.15, 0.2) is 72.2 Å². The number of carbonyl (C=O) groups is 4. The summed E-state index contributed by atoms with van der Waals surface area (Å²) in [6.45, 7) is 18.5. The number of ether oxygens (including phenoxy) is 2. The van der Waals surface area contributed by atoms with Gasteiger partial charge in [-0.15, -0.1) is 11.3 Å². The molecule has 16 heteroatoms. The zero-order valence-corrected chi connectivity index (χ0v) is 42.1. The van der Waals surface area contributed by atoms with Crippen LogP contribution in [-0.4, -0.2) is 95.3 Å². The lowest BCUT2D eigenvalue weighted by molar-refractivity contribution is -0.164. The summed E-state index contributed by atoms with van der Waals surface area (Å²) >= 11 is 7.81. The highest BCUT2D eigenvalue weighted by molar-refractivity contribution is 7.13. The fraction of sp³-hybridized carbons (Fsp3) is 0.500. The van der Waals surface area contributed by atoms with Gasteiger partial charge in [-0.25, -0.2) is 4.98 Å². The normalized spacial score (nSPS) is 20.3. The van der Waals surface area contributed by atoms with Gasteiger partial charge in [-0.3, -0.25) is 19.2 Å². The maximum atomic E-state index is 14.1. The number of aromatic nitrogens is 1. The van der Waals surface area contributed by atoms with Crippen molar-refractivity contribution in [2.45, 2.75) is 124 Å². The van der Waals surface area contributed by atoms with Crippen LogP contribution < -0.4 is 26.0 Å². The van der Waals surface area contributed by atoms with Crippen molar-refractivity contribution >= 4 is 52.3 Å². The second-order valence-corrected chi connectivity index (χ2v) is 21.6. The van der Waals surface area contributed by atoms with E-state index in [9.17, 15) is 29.5 Å². The minimum atomic E-state index is -0.952. The molecule has 1 saturated carbocycles. The van der Waals surface area contributed by atoms with E-state index in [4.69, 9.17) is 21.1 Å². The number of β-amino-alcohol motifs (C(OH)–C–C–N with tert-alkyl or cyclic N) is 1. The molecular formula is C52H66ClN7O7S. The summed E-state index contributed by atoms with van der Waals surface area (Å²) in [5.41, 5.74) is 5.11. The lowest BCUT2D eigenvalue weighted by atomic mass is 9.49. The Hall–Kier alpha value is -5.53. The lowest BCUT2D eigenvalue weighted by Crippen LogP contribution is -2.74. The standard InChI is InChI=1S/C52H66ClN7O7S/c1-31(33-13-15-34(16-14-33)43-32(2)56-30-68-43)57-46(64)41-25-38(61)28-60(41)47(65)44(50(3,4)5)58-42(62)29-66-24-12-10-11-23-55-37-20-17-35(18-21-37)45(63)59-48-51(6,7)49(52(48,8)9)67-39-22-19-36(27-54)40(53)26-39/h13-22,26,30-31,38,41,44,48-49,55,61H,10-12,23-25,28-29H2,1-9H3,(H,57,64)(H,58,62)(H,59,63)/t31-,38-,41-,44+,48-,49-/m0/s1. The number of unbranched alkanes of at least 4 members (excludes halogenated alkanes) is 2. The number of nitriles is 1. The summed E-state index contributed by atoms with van der Waals surface area (Å²) in [6.07, 6.45) is 1.46. The largest absolute Gasteiger partial charge is 0.489 e. The van der Waals surface area contributed by atoms with Gasteiger partial charge in [-0.2, -0.15) is 5.26 Å². The summed E-state index contributed by atoms with van der Waals surface area (Å²) in [7, 11) is 0. The Morgan fingerprint density at radius 2 is 1.68 bits per heavy atom. The van der Waals surface area contributed by atoms with Crippen LogP contribution in [-0.2, 0) is 19.1 Å². The van der Waals surface area contributed by atoms with Crippen LogP contribution in [0.2, 0.25) is 5.02 Å². The van der Waals surface area contributed by atoms with Crippen molar-refractivity contribution in [3.63, 3.8) is 0 Å². The van der Waals surface area contributed by atoms with Crippen LogP contribution in [0.5, 0.6) is 5.75 Å². The molecule has 0 radical (unpaired) electrons. The number of anilines is 1. The molecule has 68 heavy (non-hydrogen) atoms. The van der Waals surface area contributed by atoms with E-state index in [2.05, 4.69) is 60.0 Å². The van der Waals surface area contributed by atoms with Crippen molar-refractivity contribution in [1.29, 1.82) is 5.26 Å². The highest BCUT2D eigenvalue weighted by atomic mass is 35.5. The van der Waals surface area contributed by atoms with E-state index in [1.165, 1.54) is 4.90 Å². The first-order chi connectivity index (χ1) is 32.1. The number of likely N-dealkylation sites (tertiary alicyclic amines) is 1. The van der Waals surface area contributed by atoms with E-state index in [1.807, 2.05) is 76.5 Å². The molecule has 1 saturated heterocycles. The summed E-state index contributed by atoms with van der Waals surface area (Å²) < 4.78 is 12.1. The van der Waals surface area contributed by atoms with Crippen LogP contribution in [0.3, 0.4) is 0 Å². The zero-order valence-electron chi connectivity index (χ0n) is 40.6. The van der Waals surface area contributed by atoms with Crippen molar-refractivity contribution in [3.8, 4) is 22.3 Å². The average Bonchev–Trinajstić information content (AvgIpc) is 3.91. The number of halogens is 1. The number of aryl methyl sites for hydroxylation is 1. The predicted molar refractivity (Wildman–Crippen MR) is 265 cm³/mol. The molecule has 4 atom stereocenters. The number of carbonyl (C=O) groups excluding carboxylic acids is 4. The van der Waals surface area contributed by atoms with Gasteiger partial charge in [0.1, 0.15) is 36.6 Å². The lowest BCUT2D eigenvalue weighted by Gasteiger charge is -2.63. The van der Waals surface area contributed by atoms with Crippen LogP contribution in [0.1, 0.15) is 114 Å². The molecule has 2 aliphatic rings. The molecule has 364 valence electrons. The molecule has 14 nitrogen and oxygen atoms in total. The number of nitrogens with zero attached hydrogens (tertiary/aromatic N) is 3. The Morgan fingerprint density at radius 3 is 2.29 bits per heavy atom. The summed E-state index contributed by atoms with van der Waals surface area (Å²) in [6, 6.07) is 20.1. The number of aliphatic hydroxyl groups excluding tert-OH is 1. The van der Waals surface area contributed by atoms with Gasteiger partial charge >= 0.3 is 0 Å². The third-order valence-electron chi connectivity index (χ3n) is 13.2. The van der Waals surface area contributed by atoms with Crippen LogP contribution >= 0.6 is 22.9 Å². The average molecular weight is 969 g/mol. The van der Waals surface area contributed by atoms with Crippen molar-refractivity contribution in [1.82, 2.24) is 25.8 Å². The first kappa shape index (κ1) is 51.9. The highest BCUT2D eigenvalue weighted by Gasteiger charge is 2.64. The molecule has 5 N–H and O–H groups in total. The van der Waals surface area contributed by atoms with E-state index in [0.29, 0.717) is 35.1 Å². The van der Waals surface area contributed by atoms with Gasteiger partial charge in [0.15, 0.2) is 0 Å². The fourth-order valence-electron chi connectivity index (χ4n) is 9.67. The minimum Gasteiger partial charge on any atom is -0.489 e. The zero-order chi connectivity index (χ0) is 49.6. The second-order valence-electron chi connectivity index (χ2n) is 20.3. The first-order valence-corrected chi connectivity index (χ1v) is 24.5. The number of nitrogens with one attached hydrogen (secondary N) is 4. The van der Waals surface area contributed by atoms with Gasteiger partial charge in [0, 0.05) is 60.3 Å². The monoisotopic (exact) mass is 967 g/mol. The van der Waals surface area contributed by atoms with Crippen LogP contribution in [0, 0.1) is 34.5 Å². The molecule has 6 rings (SSSR count). The van der Waals surface area contributed by atoms with E-state index in [0.717, 1.165) is 46.6 Å². The number of thiazole rings is 1. The molecule has 2 fully saturated rings. The van der Waals surface area contributed by atoms with Gasteiger partial charge in [-0.1, -0.05) is 84.3 Å². The van der Waals surface area contributed by atoms with Gasteiger partial charge < -0.3 is 40.7 Å². The maximum absolute atomic E-state index is 14.1. The molecule has 1 aromatic heterocycles. The highest BCUT2D eigenvalue weighted by Crippen LogP contribution is 2.55. The molecule has 3 aromatic carbocycles. The van der Waals surface area contributed by atoms with Crippen LogP contribution in [0.4, 0.5) is 5.69 Å². The molecule has 1 aliphatic heterocycles. The molecule has 0 bridgehead atoms. The number of benzene rings is 3. The number of amides is 4. The van der Waals surface area contributed by atoms with E-state index >= 15 is 0 Å². The second kappa shape index (κ2) is 21.8. The van der Waals surface area contributed by atoms with E-state index < -0.39 is 35.4 Å². The smallest absolute Gasteiger partial charge is 0.251 e. The molecule has 4 aromatic rings. The van der Waals surface area contributed by atoms with Crippen molar-refractivity contribution < 1.29 is 33.8 Å². The molecule has 2 heterocycles. The summed E-state index contributed by atoms with van der Waals surface area (Å²) in [5.74, 6) is -0.820. The van der Waals surface area contributed by atoms with Gasteiger partial charge in [0.05, 0.1) is 38.8 Å². The third kappa shape index (κ3) is 12.2. The topological polar surface area (TPSA) is 195 Å². The molecule has 0 spiro atoms. The number of hydrogen-bond acceptors (Lipinski definition) is 11. The Balaban J connectivity index is 0.887. The molecule has 0 unspecified atom stereocenters. The Bertz CT molecular complexity index is 2450. The Kier molecular flexibility index (Phi) is 16.6. The van der Waals surface area contributed by atoms with Gasteiger partial charge in [-0.05, 0) is 86.1 Å². The van der Waals surface area contributed by atoms with Crippen molar-refractivity contribution in [3.05, 3.63) is 99.6 Å². The number of aliphatic hydroxyl groups is 1. The van der Waals surface area contributed by atoms with Gasteiger partial charge in [0.2, 0.25) is 17.7 Å². The molecule has 4 amide bonds.